The summed E-state index contributed by atoms with van der Waals surface area (Å²) in [5.41, 5.74) is 1.28. The molecule has 0 spiro atoms. The molecule has 1 aromatic heterocycles. The Bertz CT molecular complexity index is 1630. The molecular weight excluding hydrogens is 617 g/mol. The first-order chi connectivity index (χ1) is 20.1. The van der Waals surface area contributed by atoms with Crippen LogP contribution in [0.1, 0.15) is 26.3 Å². The molecule has 12 nitrogen and oxygen atoms in total. The summed E-state index contributed by atoms with van der Waals surface area (Å²) in [6, 6.07) is 12.6. The van der Waals surface area contributed by atoms with Crippen molar-refractivity contribution in [3.05, 3.63) is 54.1 Å². The predicted molar refractivity (Wildman–Crippen MR) is 166 cm³/mol. The molecule has 0 fully saturated rings. The van der Waals surface area contributed by atoms with E-state index in [4.69, 9.17) is 0 Å². The summed E-state index contributed by atoms with van der Waals surface area (Å²) in [7, 11) is -6.34. The van der Waals surface area contributed by atoms with E-state index in [0.29, 0.717) is 10.2 Å². The van der Waals surface area contributed by atoms with E-state index >= 15 is 0 Å². The summed E-state index contributed by atoms with van der Waals surface area (Å²) < 4.78 is 57.6. The number of thiazole rings is 1. The Morgan fingerprint density at radius 1 is 1.05 bits per heavy atom. The molecule has 3 aromatic rings. The Balaban J connectivity index is 1.90. The van der Waals surface area contributed by atoms with E-state index in [0.717, 1.165) is 23.2 Å². The van der Waals surface area contributed by atoms with Crippen LogP contribution in [0.3, 0.4) is 0 Å². The molecule has 3 N–H and O–H groups in total. The molecule has 236 valence electrons. The molecule has 0 radical (unpaired) electrons. The monoisotopic (exact) mass is 654 g/mol. The van der Waals surface area contributed by atoms with E-state index in [-0.39, 0.29) is 41.2 Å². The summed E-state index contributed by atoms with van der Waals surface area (Å²) in [4.78, 5) is 28.8. The van der Waals surface area contributed by atoms with E-state index < -0.39 is 49.9 Å². The number of anilines is 1. The van der Waals surface area contributed by atoms with Gasteiger partial charge in [-0.05, 0) is 36.1 Å². The van der Waals surface area contributed by atoms with Crippen LogP contribution in [0, 0.1) is 11.8 Å². The van der Waals surface area contributed by atoms with Crippen LogP contribution in [0.2, 0.25) is 0 Å². The smallest absolute Gasteiger partial charge is 0.413 e. The lowest BCUT2D eigenvalue weighted by molar-refractivity contribution is -0.125. The Morgan fingerprint density at radius 2 is 1.72 bits per heavy atom. The second-order valence-corrected chi connectivity index (χ2v) is 16.0. The van der Waals surface area contributed by atoms with Gasteiger partial charge in [-0.3, -0.25) is 10.1 Å². The van der Waals surface area contributed by atoms with Crippen molar-refractivity contribution >= 4 is 58.5 Å². The topological polar surface area (TPSA) is 172 Å². The molecule has 0 aliphatic heterocycles. The maximum Gasteiger partial charge on any atom is 0.413 e. The highest BCUT2D eigenvalue weighted by Crippen LogP contribution is 2.30. The number of nitrogens with zero attached hydrogens (tertiary/aromatic N) is 2. The largest absolute Gasteiger partial charge is 0.453 e. The van der Waals surface area contributed by atoms with Gasteiger partial charge in [0.05, 0.1) is 40.1 Å². The molecule has 2 aromatic carbocycles. The number of aliphatic hydroxyl groups excluding tert-OH is 1. The molecule has 2 amide bonds. The summed E-state index contributed by atoms with van der Waals surface area (Å²) >= 11 is 1.08. The minimum atomic E-state index is -4.13. The highest BCUT2D eigenvalue weighted by Gasteiger charge is 2.32. The molecule has 15 heteroatoms. The van der Waals surface area contributed by atoms with Gasteiger partial charge < -0.3 is 15.2 Å². The number of fused-ring (bicyclic) bond motifs is 1. The molecule has 0 aliphatic carbocycles. The summed E-state index contributed by atoms with van der Waals surface area (Å²) in [5.74, 6) is -1.89. The number of benzene rings is 2. The van der Waals surface area contributed by atoms with Crippen LogP contribution in [-0.4, -0.2) is 87.6 Å². The maximum atomic E-state index is 13.9. The number of aromatic nitrogens is 1. The molecule has 0 aliphatic rings. The van der Waals surface area contributed by atoms with E-state index in [1.165, 1.54) is 36.5 Å². The normalized spacial score (nSPS) is 14.4. The van der Waals surface area contributed by atoms with Gasteiger partial charge in [0.15, 0.2) is 5.13 Å². The lowest BCUT2D eigenvalue weighted by Gasteiger charge is -2.31. The second kappa shape index (κ2) is 14.6. The third-order valence-corrected chi connectivity index (χ3v) is 10.3. The number of ether oxygens (including phenoxy) is 1. The van der Waals surface area contributed by atoms with Gasteiger partial charge in [-0.1, -0.05) is 62.4 Å². The molecular formula is C28H38N4O8S3. The molecule has 0 bridgehead atoms. The van der Waals surface area contributed by atoms with Crippen LogP contribution >= 0.6 is 11.3 Å². The number of nitrogens with one attached hydrogen (secondary N) is 2. The van der Waals surface area contributed by atoms with Crippen LogP contribution < -0.4 is 10.6 Å². The SMILES string of the molecule is COC(=O)Nc1nc2ccc(S(=O)(=O)N(CC(C)C)CC(O)[C@H](Cc3ccccc3)NC(=O)C(C)CS(C)(=O)=O)cc2s1. The first-order valence-electron chi connectivity index (χ1n) is 13.5. The van der Waals surface area contributed by atoms with Crippen molar-refractivity contribution in [1.82, 2.24) is 14.6 Å². The van der Waals surface area contributed by atoms with Crippen LogP contribution in [0.5, 0.6) is 0 Å². The predicted octanol–water partition coefficient (Wildman–Crippen LogP) is 2.89. The molecule has 0 saturated heterocycles. The van der Waals surface area contributed by atoms with E-state index in [2.05, 4.69) is 20.4 Å². The lowest BCUT2D eigenvalue weighted by atomic mass is 10.00. The average Bonchev–Trinajstić information content (AvgIpc) is 3.33. The number of aliphatic hydroxyl groups is 1. The number of carbonyl (C=O) groups is 2. The van der Waals surface area contributed by atoms with Crippen molar-refractivity contribution < 1.29 is 36.3 Å². The van der Waals surface area contributed by atoms with Crippen molar-refractivity contribution in [2.24, 2.45) is 11.8 Å². The van der Waals surface area contributed by atoms with E-state index in [1.54, 1.807) is 0 Å². The number of sulfonamides is 1. The fraction of sp³-hybridized carbons (Fsp3) is 0.464. The number of hydrogen-bond donors (Lipinski definition) is 3. The van der Waals surface area contributed by atoms with E-state index in [1.807, 2.05) is 44.2 Å². The van der Waals surface area contributed by atoms with Gasteiger partial charge in [-0.2, -0.15) is 4.31 Å². The Hall–Kier alpha value is -3.11. The number of sulfone groups is 1. The fourth-order valence-electron chi connectivity index (χ4n) is 4.43. The quantitative estimate of drug-likeness (QED) is 0.236. The first-order valence-corrected chi connectivity index (χ1v) is 17.9. The molecule has 43 heavy (non-hydrogen) atoms. The molecule has 3 rings (SSSR count). The van der Waals surface area contributed by atoms with Crippen LogP contribution in [-0.2, 0) is 35.8 Å². The molecule has 0 saturated carbocycles. The zero-order valence-corrected chi connectivity index (χ0v) is 27.1. The van der Waals surface area contributed by atoms with Crippen molar-refractivity contribution in [1.29, 1.82) is 0 Å². The van der Waals surface area contributed by atoms with Gasteiger partial charge in [-0.15, -0.1) is 0 Å². The standard InChI is InChI=1S/C28H38N4O8S3/c1-18(2)15-32(43(38,39)21-11-12-22-25(14-21)41-27(30-22)31-28(35)40-4)16-24(33)23(13-20-9-7-6-8-10-20)29-26(34)19(3)17-42(5,36)37/h6-12,14,18-19,23-24,33H,13,15-17H2,1-5H3,(H,29,34)(H,30,31,35)/t19?,23-,24?/m0/s1. The highest BCUT2D eigenvalue weighted by atomic mass is 32.2. The lowest BCUT2D eigenvalue weighted by Crippen LogP contribution is -2.52. The number of carbonyl (C=O) groups excluding carboxylic acids is 2. The number of amides is 2. The highest BCUT2D eigenvalue weighted by molar-refractivity contribution is 7.90. The Morgan fingerprint density at radius 3 is 2.33 bits per heavy atom. The van der Waals surface area contributed by atoms with Gasteiger partial charge in [-0.25, -0.2) is 26.6 Å². The molecule has 3 atom stereocenters. The zero-order chi connectivity index (χ0) is 31.9. The third-order valence-electron chi connectivity index (χ3n) is 6.44. The molecule has 2 unspecified atom stereocenters. The van der Waals surface area contributed by atoms with Crippen molar-refractivity contribution in [3.8, 4) is 0 Å². The number of hydrogen-bond acceptors (Lipinski definition) is 10. The van der Waals surface area contributed by atoms with Crippen LogP contribution in [0.25, 0.3) is 10.2 Å². The zero-order valence-electron chi connectivity index (χ0n) is 24.7. The minimum Gasteiger partial charge on any atom is -0.453 e. The Labute approximate surface area is 256 Å². The summed E-state index contributed by atoms with van der Waals surface area (Å²) in [6.07, 6.45) is -0.794. The van der Waals surface area contributed by atoms with Crippen LogP contribution in [0.15, 0.2) is 53.4 Å². The molecule has 1 heterocycles. The van der Waals surface area contributed by atoms with Gasteiger partial charge in [0, 0.05) is 25.3 Å². The summed E-state index contributed by atoms with van der Waals surface area (Å²) in [6.45, 7) is 4.95. The Kier molecular flexibility index (Phi) is 11.7. The average molecular weight is 655 g/mol. The van der Waals surface area contributed by atoms with Crippen molar-refractivity contribution in [2.45, 2.75) is 44.2 Å². The van der Waals surface area contributed by atoms with Gasteiger partial charge >= 0.3 is 6.09 Å². The minimum absolute atomic E-state index is 0.0217. The fourth-order valence-corrected chi connectivity index (χ4v) is 8.10. The third kappa shape index (κ3) is 9.96. The van der Waals surface area contributed by atoms with Crippen molar-refractivity contribution in [3.63, 3.8) is 0 Å². The maximum absolute atomic E-state index is 13.9. The summed E-state index contributed by atoms with van der Waals surface area (Å²) in [5, 5.41) is 16.9. The first kappa shape index (κ1) is 34.4. The van der Waals surface area contributed by atoms with Gasteiger partial charge in [0.2, 0.25) is 15.9 Å². The van der Waals surface area contributed by atoms with Gasteiger partial charge in [0.1, 0.15) is 9.84 Å². The van der Waals surface area contributed by atoms with E-state index in [9.17, 15) is 31.5 Å². The second-order valence-electron chi connectivity index (χ2n) is 10.8. The van der Waals surface area contributed by atoms with Gasteiger partial charge in [0.25, 0.3) is 0 Å². The van der Waals surface area contributed by atoms with Crippen LogP contribution in [0.4, 0.5) is 9.93 Å². The number of methoxy groups -OCH3 is 1. The number of rotatable bonds is 14. The van der Waals surface area contributed by atoms with Crippen molar-refractivity contribution in [2.75, 3.05) is 37.5 Å².